The monoisotopic (exact) mass is 415 g/mol. The molecule has 1 saturated heterocycles. The Morgan fingerprint density at radius 1 is 1.36 bits per heavy atom. The lowest BCUT2D eigenvalue weighted by molar-refractivity contribution is 0.102. The summed E-state index contributed by atoms with van der Waals surface area (Å²) in [5, 5.41) is 13.2. The molecule has 1 amide bonds. The van der Waals surface area contributed by atoms with Crippen LogP contribution >= 0.6 is 22.7 Å². The maximum Gasteiger partial charge on any atom is 0.269 e. The summed E-state index contributed by atoms with van der Waals surface area (Å²) in [6.07, 6.45) is 5.75. The number of carbonyl (C=O) groups excluding carboxylic acids is 1. The minimum atomic E-state index is -0.209. The van der Waals surface area contributed by atoms with E-state index in [9.17, 15) is 4.79 Å². The molecule has 0 spiro atoms. The lowest BCUT2D eigenvalue weighted by Gasteiger charge is -2.02. The number of carbonyl (C=O) groups is 1. The predicted octanol–water partition coefficient (Wildman–Crippen LogP) is 4.42. The molecule has 0 bridgehead atoms. The van der Waals surface area contributed by atoms with Crippen LogP contribution in [0.4, 0.5) is 5.13 Å². The number of aromatic nitrogens is 4. The number of aryl methyl sites for hydroxylation is 2. The first-order chi connectivity index (χ1) is 13.6. The van der Waals surface area contributed by atoms with E-state index in [2.05, 4.69) is 32.4 Å². The van der Waals surface area contributed by atoms with Crippen molar-refractivity contribution in [3.05, 3.63) is 39.6 Å². The number of hydrogen-bond acceptors (Lipinski definition) is 8. The van der Waals surface area contributed by atoms with Gasteiger partial charge < -0.3 is 4.74 Å². The van der Waals surface area contributed by atoms with Crippen LogP contribution in [0.5, 0.6) is 0 Å². The minimum Gasteiger partial charge on any atom is -0.371 e. The van der Waals surface area contributed by atoms with Crippen molar-refractivity contribution in [2.45, 2.75) is 45.6 Å². The van der Waals surface area contributed by atoms with Gasteiger partial charge in [0.05, 0.1) is 5.69 Å². The SMILES string of the molecule is CCCc1cc(-c2nc(C)c(C(=O)Nc3nnc(C4CCCO4)s3)s2)ccn1. The van der Waals surface area contributed by atoms with Crippen molar-refractivity contribution in [1.82, 2.24) is 20.2 Å². The van der Waals surface area contributed by atoms with Gasteiger partial charge in [-0.3, -0.25) is 15.1 Å². The molecular formula is C19H21N5O2S2. The zero-order chi connectivity index (χ0) is 19.5. The molecular weight excluding hydrogens is 394 g/mol. The lowest BCUT2D eigenvalue weighted by Crippen LogP contribution is -2.11. The number of rotatable bonds is 6. The Labute approximate surface area is 171 Å². The average molecular weight is 416 g/mol. The summed E-state index contributed by atoms with van der Waals surface area (Å²) in [5.74, 6) is -0.209. The number of ether oxygens (including phenoxy) is 1. The second-order valence-corrected chi connectivity index (χ2v) is 8.63. The number of thiazole rings is 1. The quantitative estimate of drug-likeness (QED) is 0.641. The maximum atomic E-state index is 12.7. The van der Waals surface area contributed by atoms with E-state index in [1.54, 1.807) is 6.20 Å². The fraction of sp³-hybridized carbons (Fsp3) is 0.421. The van der Waals surface area contributed by atoms with E-state index in [1.165, 1.54) is 22.7 Å². The Kier molecular flexibility index (Phi) is 5.74. The molecule has 146 valence electrons. The zero-order valence-electron chi connectivity index (χ0n) is 15.8. The van der Waals surface area contributed by atoms with Crippen molar-refractivity contribution in [3.63, 3.8) is 0 Å². The van der Waals surface area contributed by atoms with Crippen LogP contribution in [0.1, 0.15) is 58.4 Å². The van der Waals surface area contributed by atoms with Gasteiger partial charge in [0.15, 0.2) is 0 Å². The Bertz CT molecular complexity index is 978. The van der Waals surface area contributed by atoms with Gasteiger partial charge in [-0.1, -0.05) is 24.7 Å². The van der Waals surface area contributed by atoms with Crippen molar-refractivity contribution >= 4 is 33.7 Å². The minimum absolute atomic E-state index is 0.00361. The van der Waals surface area contributed by atoms with E-state index in [-0.39, 0.29) is 12.0 Å². The third kappa shape index (κ3) is 4.11. The fourth-order valence-corrected chi connectivity index (χ4v) is 4.86. The molecule has 0 aliphatic carbocycles. The molecule has 7 nitrogen and oxygen atoms in total. The highest BCUT2D eigenvalue weighted by atomic mass is 32.1. The number of pyridine rings is 1. The van der Waals surface area contributed by atoms with Gasteiger partial charge in [0.2, 0.25) is 5.13 Å². The molecule has 1 aliphatic rings. The summed E-state index contributed by atoms with van der Waals surface area (Å²) < 4.78 is 5.62. The largest absolute Gasteiger partial charge is 0.371 e. The summed E-state index contributed by atoms with van der Waals surface area (Å²) >= 11 is 2.75. The van der Waals surface area contributed by atoms with E-state index in [0.717, 1.165) is 53.6 Å². The summed E-state index contributed by atoms with van der Waals surface area (Å²) in [5.41, 5.74) is 2.73. The number of nitrogens with one attached hydrogen (secondary N) is 1. The van der Waals surface area contributed by atoms with E-state index < -0.39 is 0 Å². The molecule has 9 heteroatoms. The molecule has 1 fully saturated rings. The average Bonchev–Trinajstić information content (AvgIpc) is 3.42. The molecule has 1 atom stereocenters. The van der Waals surface area contributed by atoms with Crippen LogP contribution in [0, 0.1) is 6.92 Å². The Morgan fingerprint density at radius 3 is 3.04 bits per heavy atom. The molecule has 1 unspecified atom stereocenters. The Balaban J connectivity index is 1.50. The highest BCUT2D eigenvalue weighted by molar-refractivity contribution is 7.17. The highest BCUT2D eigenvalue weighted by Crippen LogP contribution is 2.33. The smallest absolute Gasteiger partial charge is 0.269 e. The van der Waals surface area contributed by atoms with Crippen LogP contribution in [0.3, 0.4) is 0 Å². The number of anilines is 1. The molecule has 3 aromatic heterocycles. The molecule has 0 radical (unpaired) electrons. The van der Waals surface area contributed by atoms with Gasteiger partial charge >= 0.3 is 0 Å². The van der Waals surface area contributed by atoms with Gasteiger partial charge in [-0.15, -0.1) is 21.5 Å². The molecule has 0 saturated carbocycles. The summed E-state index contributed by atoms with van der Waals surface area (Å²) in [6.45, 7) is 4.73. The van der Waals surface area contributed by atoms with Gasteiger partial charge in [0.1, 0.15) is 21.0 Å². The number of nitrogens with zero attached hydrogens (tertiary/aromatic N) is 4. The summed E-state index contributed by atoms with van der Waals surface area (Å²) in [4.78, 5) is 22.3. The second-order valence-electron chi connectivity index (χ2n) is 6.62. The van der Waals surface area contributed by atoms with Gasteiger partial charge in [-0.05, 0) is 38.3 Å². The van der Waals surface area contributed by atoms with Gasteiger partial charge in [0, 0.05) is 24.1 Å². The first-order valence-corrected chi connectivity index (χ1v) is 11.0. The molecule has 28 heavy (non-hydrogen) atoms. The fourth-order valence-electron chi connectivity index (χ4n) is 3.08. The van der Waals surface area contributed by atoms with E-state index in [0.29, 0.717) is 15.7 Å². The maximum absolute atomic E-state index is 12.7. The van der Waals surface area contributed by atoms with Crippen LogP contribution in [-0.4, -0.2) is 32.7 Å². The summed E-state index contributed by atoms with van der Waals surface area (Å²) in [7, 11) is 0. The summed E-state index contributed by atoms with van der Waals surface area (Å²) in [6, 6.07) is 3.97. The van der Waals surface area contributed by atoms with Crippen LogP contribution in [0.25, 0.3) is 10.6 Å². The topological polar surface area (TPSA) is 89.9 Å². The standard InChI is InChI=1S/C19H21N5O2S2/c1-3-5-13-10-12(7-8-20-13)17-21-11(2)15(27-17)16(25)22-19-24-23-18(28-19)14-6-4-9-26-14/h7-8,10,14H,3-6,9H2,1-2H3,(H,22,24,25). The van der Waals surface area contributed by atoms with Crippen molar-refractivity contribution in [2.24, 2.45) is 0 Å². The first kappa shape index (κ1) is 19.1. The molecule has 3 aromatic rings. The normalized spacial score (nSPS) is 16.4. The molecule has 1 aliphatic heterocycles. The zero-order valence-corrected chi connectivity index (χ0v) is 17.4. The third-order valence-electron chi connectivity index (χ3n) is 4.44. The lowest BCUT2D eigenvalue weighted by atomic mass is 10.2. The molecule has 0 aromatic carbocycles. The number of hydrogen-bond donors (Lipinski definition) is 1. The first-order valence-electron chi connectivity index (χ1n) is 9.33. The Hall–Kier alpha value is -2.23. The van der Waals surface area contributed by atoms with Crippen LogP contribution in [0.15, 0.2) is 18.3 Å². The van der Waals surface area contributed by atoms with Crippen LogP contribution < -0.4 is 5.32 Å². The van der Waals surface area contributed by atoms with Crippen molar-refractivity contribution in [2.75, 3.05) is 11.9 Å². The number of amides is 1. The second kappa shape index (κ2) is 8.42. The van der Waals surface area contributed by atoms with Crippen LogP contribution in [0.2, 0.25) is 0 Å². The van der Waals surface area contributed by atoms with Crippen molar-refractivity contribution in [1.29, 1.82) is 0 Å². The van der Waals surface area contributed by atoms with Gasteiger partial charge in [-0.2, -0.15) is 0 Å². The Morgan fingerprint density at radius 2 is 2.25 bits per heavy atom. The third-order valence-corrected chi connectivity index (χ3v) is 6.57. The van der Waals surface area contributed by atoms with Crippen molar-refractivity contribution < 1.29 is 9.53 Å². The highest BCUT2D eigenvalue weighted by Gasteiger charge is 2.23. The van der Waals surface area contributed by atoms with E-state index >= 15 is 0 Å². The van der Waals surface area contributed by atoms with Gasteiger partial charge in [-0.25, -0.2) is 4.98 Å². The van der Waals surface area contributed by atoms with Crippen LogP contribution in [-0.2, 0) is 11.2 Å². The van der Waals surface area contributed by atoms with E-state index in [4.69, 9.17) is 4.74 Å². The van der Waals surface area contributed by atoms with E-state index in [1.807, 2.05) is 19.1 Å². The molecule has 4 rings (SSSR count). The van der Waals surface area contributed by atoms with Crippen molar-refractivity contribution in [3.8, 4) is 10.6 Å². The molecule has 1 N–H and O–H groups in total. The predicted molar refractivity (Wildman–Crippen MR) is 110 cm³/mol. The molecule has 4 heterocycles. The van der Waals surface area contributed by atoms with Gasteiger partial charge in [0.25, 0.3) is 5.91 Å².